The van der Waals surface area contributed by atoms with Crippen molar-refractivity contribution >= 4 is 17.6 Å². The van der Waals surface area contributed by atoms with Crippen LogP contribution in [0.2, 0.25) is 0 Å². The fourth-order valence-electron chi connectivity index (χ4n) is 1.81. The highest BCUT2D eigenvalue weighted by Crippen LogP contribution is 2.14. The van der Waals surface area contributed by atoms with Gasteiger partial charge < -0.3 is 16.4 Å². The maximum Gasteiger partial charge on any atom is 0.319 e. The van der Waals surface area contributed by atoms with Crippen molar-refractivity contribution in [3.63, 3.8) is 0 Å². The molecule has 0 saturated carbocycles. The molecule has 1 aromatic rings. The molecule has 4 N–H and O–H groups in total. The summed E-state index contributed by atoms with van der Waals surface area (Å²) in [5.74, 6) is 2.04. The minimum atomic E-state index is -0.487. The molecule has 0 aromatic heterocycles. The molecule has 0 spiro atoms. The second kappa shape index (κ2) is 7.19. The summed E-state index contributed by atoms with van der Waals surface area (Å²) in [6.07, 6.45) is 6.48. The van der Waals surface area contributed by atoms with Crippen LogP contribution >= 0.6 is 0 Å². The first-order chi connectivity index (χ1) is 9.47. The number of anilines is 1. The molecule has 0 aliphatic rings. The first-order valence-corrected chi connectivity index (χ1v) is 6.39. The fraction of sp³-hybridized carbons (Fsp3) is 0.333. The van der Waals surface area contributed by atoms with E-state index in [1.54, 1.807) is 25.1 Å². The number of amides is 3. The second-order valence-electron chi connectivity index (χ2n) is 4.51. The molecule has 0 bridgehead atoms. The van der Waals surface area contributed by atoms with Gasteiger partial charge in [-0.2, -0.15) is 0 Å². The highest BCUT2D eigenvalue weighted by molar-refractivity contribution is 5.96. The molecule has 5 nitrogen and oxygen atoms in total. The zero-order valence-corrected chi connectivity index (χ0v) is 11.7. The standard InChI is InChI=1S/C15H19N3O2/c1-4-6-11(5-2)17-15(20)18-12-7-8-13(14(16)19)10(3)9-12/h1,7-9,11H,5-6H2,2-3H3,(H2,16,19)(H2,17,18,20)/t11-/m0/s1. The maximum absolute atomic E-state index is 11.8. The van der Waals surface area contributed by atoms with Crippen LogP contribution in [-0.2, 0) is 0 Å². The van der Waals surface area contributed by atoms with E-state index in [1.807, 2.05) is 6.92 Å². The van der Waals surface area contributed by atoms with Crippen molar-refractivity contribution in [2.45, 2.75) is 32.7 Å². The van der Waals surface area contributed by atoms with E-state index in [2.05, 4.69) is 16.6 Å². The molecule has 0 saturated heterocycles. The monoisotopic (exact) mass is 273 g/mol. The number of aryl methyl sites for hydroxylation is 1. The summed E-state index contributed by atoms with van der Waals surface area (Å²) in [5, 5.41) is 5.49. The van der Waals surface area contributed by atoms with E-state index in [0.29, 0.717) is 23.2 Å². The van der Waals surface area contributed by atoms with Gasteiger partial charge in [-0.1, -0.05) is 6.92 Å². The topological polar surface area (TPSA) is 84.2 Å². The first-order valence-electron chi connectivity index (χ1n) is 6.39. The molecule has 0 unspecified atom stereocenters. The van der Waals surface area contributed by atoms with Crippen molar-refractivity contribution in [3.8, 4) is 12.3 Å². The molecule has 0 radical (unpaired) electrons. The Balaban J connectivity index is 2.69. The van der Waals surface area contributed by atoms with Crippen LogP contribution < -0.4 is 16.4 Å². The first kappa shape index (κ1) is 15.6. The highest BCUT2D eigenvalue weighted by Gasteiger charge is 2.10. The number of terminal acetylenes is 1. The summed E-state index contributed by atoms with van der Waals surface area (Å²) in [6.45, 7) is 3.71. The average molecular weight is 273 g/mol. The summed E-state index contributed by atoms with van der Waals surface area (Å²) in [7, 11) is 0. The van der Waals surface area contributed by atoms with E-state index < -0.39 is 5.91 Å². The number of carbonyl (C=O) groups is 2. The number of benzene rings is 1. The Bertz CT molecular complexity index is 547. The Morgan fingerprint density at radius 1 is 1.45 bits per heavy atom. The van der Waals surface area contributed by atoms with Crippen molar-refractivity contribution in [1.82, 2.24) is 5.32 Å². The van der Waals surface area contributed by atoms with Crippen LogP contribution in [0.5, 0.6) is 0 Å². The van der Waals surface area contributed by atoms with Gasteiger partial charge in [0.15, 0.2) is 0 Å². The van der Waals surface area contributed by atoms with Crippen LogP contribution in [0.3, 0.4) is 0 Å². The molecular weight excluding hydrogens is 254 g/mol. The molecule has 0 heterocycles. The lowest BCUT2D eigenvalue weighted by Gasteiger charge is -2.15. The summed E-state index contributed by atoms with van der Waals surface area (Å²) in [4.78, 5) is 22.9. The van der Waals surface area contributed by atoms with Crippen LogP contribution in [0.4, 0.5) is 10.5 Å². The zero-order chi connectivity index (χ0) is 15.1. The predicted molar refractivity (Wildman–Crippen MR) is 79.4 cm³/mol. The van der Waals surface area contributed by atoms with Crippen LogP contribution in [0.25, 0.3) is 0 Å². The van der Waals surface area contributed by atoms with Gasteiger partial charge in [0, 0.05) is 23.7 Å². The van der Waals surface area contributed by atoms with Gasteiger partial charge >= 0.3 is 6.03 Å². The van der Waals surface area contributed by atoms with E-state index in [9.17, 15) is 9.59 Å². The lowest BCUT2D eigenvalue weighted by Crippen LogP contribution is -2.37. The van der Waals surface area contributed by atoms with Gasteiger partial charge in [0.25, 0.3) is 0 Å². The number of carbonyl (C=O) groups excluding carboxylic acids is 2. The molecule has 1 rings (SSSR count). The number of primary amides is 1. The Kier molecular flexibility index (Phi) is 5.60. The number of hydrogen-bond acceptors (Lipinski definition) is 2. The van der Waals surface area contributed by atoms with Gasteiger partial charge in [0.1, 0.15) is 0 Å². The van der Waals surface area contributed by atoms with Gasteiger partial charge in [-0.3, -0.25) is 4.79 Å². The predicted octanol–water partition coefficient (Wildman–Crippen LogP) is 2.02. The smallest absolute Gasteiger partial charge is 0.319 e. The number of nitrogens with one attached hydrogen (secondary N) is 2. The molecule has 5 heteroatoms. The van der Waals surface area contributed by atoms with E-state index in [-0.39, 0.29) is 12.1 Å². The lowest BCUT2D eigenvalue weighted by molar-refractivity contribution is 0.0999. The van der Waals surface area contributed by atoms with Crippen LogP contribution in [0.1, 0.15) is 35.7 Å². The third-order valence-corrected chi connectivity index (χ3v) is 2.94. The number of nitrogens with two attached hydrogens (primary N) is 1. The molecule has 106 valence electrons. The Morgan fingerprint density at radius 2 is 2.15 bits per heavy atom. The van der Waals surface area contributed by atoms with E-state index >= 15 is 0 Å². The Labute approximate surface area is 118 Å². The lowest BCUT2D eigenvalue weighted by atomic mass is 10.1. The Hall–Kier alpha value is -2.48. The van der Waals surface area contributed by atoms with Crippen molar-refractivity contribution in [2.24, 2.45) is 5.73 Å². The maximum atomic E-state index is 11.8. The van der Waals surface area contributed by atoms with Crippen molar-refractivity contribution in [1.29, 1.82) is 0 Å². The molecule has 0 aliphatic carbocycles. The van der Waals surface area contributed by atoms with Gasteiger partial charge in [-0.05, 0) is 37.1 Å². The van der Waals surface area contributed by atoms with Crippen LogP contribution in [0, 0.1) is 19.3 Å². The zero-order valence-electron chi connectivity index (χ0n) is 11.7. The summed E-state index contributed by atoms with van der Waals surface area (Å²) in [5.41, 5.74) is 6.98. The molecule has 1 atom stereocenters. The van der Waals surface area contributed by atoms with Gasteiger partial charge in [-0.25, -0.2) is 4.79 Å². The number of rotatable bonds is 5. The van der Waals surface area contributed by atoms with Crippen molar-refractivity contribution in [2.75, 3.05) is 5.32 Å². The quantitative estimate of drug-likeness (QED) is 0.717. The molecule has 1 aromatic carbocycles. The van der Waals surface area contributed by atoms with Crippen LogP contribution in [0.15, 0.2) is 18.2 Å². The molecule has 3 amide bonds. The average Bonchev–Trinajstić information content (AvgIpc) is 2.37. The van der Waals surface area contributed by atoms with Crippen LogP contribution in [-0.4, -0.2) is 18.0 Å². The van der Waals surface area contributed by atoms with Crippen molar-refractivity contribution in [3.05, 3.63) is 29.3 Å². The largest absolute Gasteiger partial charge is 0.366 e. The molecule has 20 heavy (non-hydrogen) atoms. The van der Waals surface area contributed by atoms with Gasteiger partial charge in [0.05, 0.1) is 0 Å². The van der Waals surface area contributed by atoms with E-state index in [4.69, 9.17) is 12.2 Å². The van der Waals surface area contributed by atoms with Crippen molar-refractivity contribution < 1.29 is 9.59 Å². The van der Waals surface area contributed by atoms with Gasteiger partial charge in [0.2, 0.25) is 5.91 Å². The number of urea groups is 1. The van der Waals surface area contributed by atoms with Gasteiger partial charge in [-0.15, -0.1) is 12.3 Å². The summed E-state index contributed by atoms with van der Waals surface area (Å²) in [6, 6.07) is 4.55. The Morgan fingerprint density at radius 3 is 2.65 bits per heavy atom. The normalized spacial score (nSPS) is 11.2. The summed E-state index contributed by atoms with van der Waals surface area (Å²) >= 11 is 0. The number of hydrogen-bond donors (Lipinski definition) is 3. The third kappa shape index (κ3) is 4.32. The second-order valence-corrected chi connectivity index (χ2v) is 4.51. The van der Waals surface area contributed by atoms with E-state index in [0.717, 1.165) is 6.42 Å². The highest BCUT2D eigenvalue weighted by atomic mass is 16.2. The minimum Gasteiger partial charge on any atom is -0.366 e. The molecular formula is C15H19N3O2. The SMILES string of the molecule is C#CC[C@H](CC)NC(=O)Nc1ccc(C(N)=O)c(C)c1. The minimum absolute atomic E-state index is 0.0500. The summed E-state index contributed by atoms with van der Waals surface area (Å²) < 4.78 is 0. The van der Waals surface area contributed by atoms with E-state index in [1.165, 1.54) is 0 Å². The fourth-order valence-corrected chi connectivity index (χ4v) is 1.81. The molecule has 0 fully saturated rings. The third-order valence-electron chi connectivity index (χ3n) is 2.94. The molecule has 0 aliphatic heterocycles.